The van der Waals surface area contributed by atoms with Crippen LogP contribution in [-0.2, 0) is 0 Å². The highest BCUT2D eigenvalue weighted by Gasteiger charge is 2.23. The fourth-order valence-electron chi connectivity index (χ4n) is 2.82. The van der Waals surface area contributed by atoms with Crippen molar-refractivity contribution in [3.05, 3.63) is 63.1 Å². The molecule has 0 atom stereocenters. The standard InChI is InChI=1S/C18H18BrClN2O/c1-13-5-6-17(16(19)11-13)21-7-9-22(10-8-21)18(23)14-3-2-4-15(20)12-14/h2-6,11-12H,7-10H2,1H3. The Balaban J connectivity index is 1.67. The molecule has 0 unspecified atom stereocenters. The molecule has 23 heavy (non-hydrogen) atoms. The van der Waals surface area contributed by atoms with Gasteiger partial charge >= 0.3 is 0 Å². The second-order valence-electron chi connectivity index (χ2n) is 5.74. The molecule has 1 aliphatic heterocycles. The number of anilines is 1. The quantitative estimate of drug-likeness (QED) is 0.756. The molecule has 1 heterocycles. The third-order valence-electron chi connectivity index (χ3n) is 4.08. The van der Waals surface area contributed by atoms with Crippen molar-refractivity contribution in [2.24, 2.45) is 0 Å². The molecule has 1 amide bonds. The van der Waals surface area contributed by atoms with Gasteiger partial charge in [0.25, 0.3) is 5.91 Å². The van der Waals surface area contributed by atoms with Crippen LogP contribution in [0, 0.1) is 6.92 Å². The first-order valence-corrected chi connectivity index (χ1v) is 8.77. The van der Waals surface area contributed by atoms with Crippen LogP contribution in [0.1, 0.15) is 15.9 Å². The number of aryl methyl sites for hydroxylation is 1. The molecule has 0 radical (unpaired) electrons. The lowest BCUT2D eigenvalue weighted by molar-refractivity contribution is 0.0747. The van der Waals surface area contributed by atoms with Crippen molar-refractivity contribution >= 4 is 39.1 Å². The van der Waals surface area contributed by atoms with Gasteiger partial charge in [0.2, 0.25) is 0 Å². The number of hydrogen-bond acceptors (Lipinski definition) is 2. The Hall–Kier alpha value is -1.52. The highest BCUT2D eigenvalue weighted by molar-refractivity contribution is 9.10. The van der Waals surface area contributed by atoms with E-state index in [2.05, 4.69) is 46.0 Å². The Kier molecular flexibility index (Phi) is 4.93. The molecule has 1 aliphatic rings. The second kappa shape index (κ2) is 6.93. The fourth-order valence-corrected chi connectivity index (χ4v) is 3.76. The van der Waals surface area contributed by atoms with Crippen LogP contribution in [0.15, 0.2) is 46.9 Å². The van der Waals surface area contributed by atoms with Crippen LogP contribution in [0.2, 0.25) is 5.02 Å². The molecule has 0 bridgehead atoms. The van der Waals surface area contributed by atoms with Crippen LogP contribution in [0.5, 0.6) is 0 Å². The topological polar surface area (TPSA) is 23.6 Å². The van der Waals surface area contributed by atoms with E-state index < -0.39 is 0 Å². The largest absolute Gasteiger partial charge is 0.367 e. The van der Waals surface area contributed by atoms with Crippen LogP contribution in [0.4, 0.5) is 5.69 Å². The Labute approximate surface area is 150 Å². The smallest absolute Gasteiger partial charge is 0.254 e. The maximum absolute atomic E-state index is 12.5. The highest BCUT2D eigenvalue weighted by Crippen LogP contribution is 2.28. The number of rotatable bonds is 2. The van der Waals surface area contributed by atoms with Gasteiger partial charge in [-0.15, -0.1) is 0 Å². The normalized spacial score (nSPS) is 14.9. The van der Waals surface area contributed by atoms with Crippen molar-refractivity contribution in [2.45, 2.75) is 6.92 Å². The van der Waals surface area contributed by atoms with Crippen LogP contribution in [-0.4, -0.2) is 37.0 Å². The zero-order chi connectivity index (χ0) is 16.4. The first-order chi connectivity index (χ1) is 11.0. The zero-order valence-electron chi connectivity index (χ0n) is 12.9. The molecule has 1 saturated heterocycles. The molecule has 0 aromatic heterocycles. The summed E-state index contributed by atoms with van der Waals surface area (Å²) in [6, 6.07) is 13.5. The second-order valence-corrected chi connectivity index (χ2v) is 7.04. The highest BCUT2D eigenvalue weighted by atomic mass is 79.9. The van der Waals surface area contributed by atoms with E-state index in [-0.39, 0.29) is 5.91 Å². The van der Waals surface area contributed by atoms with Crippen molar-refractivity contribution in [1.29, 1.82) is 0 Å². The predicted molar refractivity (Wildman–Crippen MR) is 98.4 cm³/mol. The van der Waals surface area contributed by atoms with E-state index in [4.69, 9.17) is 11.6 Å². The Morgan fingerprint density at radius 1 is 1.09 bits per heavy atom. The molecule has 0 saturated carbocycles. The summed E-state index contributed by atoms with van der Waals surface area (Å²) in [4.78, 5) is 16.8. The van der Waals surface area contributed by atoms with Crippen LogP contribution in [0.3, 0.4) is 0 Å². The Bertz CT molecular complexity index is 727. The van der Waals surface area contributed by atoms with E-state index in [1.807, 2.05) is 17.0 Å². The fraction of sp³-hybridized carbons (Fsp3) is 0.278. The molecule has 3 nitrogen and oxygen atoms in total. The molecular formula is C18H18BrClN2O. The van der Waals surface area contributed by atoms with Crippen molar-refractivity contribution < 1.29 is 4.79 Å². The number of amides is 1. The van der Waals surface area contributed by atoms with Gasteiger partial charge < -0.3 is 9.80 Å². The van der Waals surface area contributed by atoms with Crippen molar-refractivity contribution in [3.63, 3.8) is 0 Å². The number of hydrogen-bond donors (Lipinski definition) is 0. The summed E-state index contributed by atoms with van der Waals surface area (Å²) in [6.45, 7) is 5.16. The SMILES string of the molecule is Cc1ccc(N2CCN(C(=O)c3cccc(Cl)c3)CC2)c(Br)c1. The van der Waals surface area contributed by atoms with Gasteiger partial charge in [-0.25, -0.2) is 0 Å². The lowest BCUT2D eigenvalue weighted by Gasteiger charge is -2.36. The summed E-state index contributed by atoms with van der Waals surface area (Å²) >= 11 is 9.61. The number of benzene rings is 2. The van der Waals surface area contributed by atoms with Gasteiger partial charge in [0.05, 0.1) is 5.69 Å². The lowest BCUT2D eigenvalue weighted by atomic mass is 10.1. The number of carbonyl (C=O) groups excluding carboxylic acids is 1. The molecule has 1 fully saturated rings. The number of piperazine rings is 1. The lowest BCUT2D eigenvalue weighted by Crippen LogP contribution is -2.48. The zero-order valence-corrected chi connectivity index (χ0v) is 15.3. The molecule has 120 valence electrons. The molecule has 2 aromatic rings. The average molecular weight is 394 g/mol. The number of halogens is 2. The molecule has 2 aromatic carbocycles. The van der Waals surface area contributed by atoms with Gasteiger partial charge in [-0.3, -0.25) is 4.79 Å². The van der Waals surface area contributed by atoms with Crippen molar-refractivity contribution in [1.82, 2.24) is 4.90 Å². The van der Waals surface area contributed by atoms with Crippen LogP contribution >= 0.6 is 27.5 Å². The van der Waals surface area contributed by atoms with Crippen LogP contribution < -0.4 is 4.90 Å². The summed E-state index contributed by atoms with van der Waals surface area (Å²) in [5.41, 5.74) is 3.07. The Morgan fingerprint density at radius 3 is 2.48 bits per heavy atom. The molecule has 0 N–H and O–H groups in total. The van der Waals surface area contributed by atoms with Crippen molar-refractivity contribution in [2.75, 3.05) is 31.1 Å². The van der Waals surface area contributed by atoms with Gasteiger partial charge in [-0.05, 0) is 58.7 Å². The number of nitrogens with zero attached hydrogens (tertiary/aromatic N) is 2. The molecule has 5 heteroatoms. The minimum absolute atomic E-state index is 0.0510. The van der Waals surface area contributed by atoms with Gasteiger partial charge in [-0.2, -0.15) is 0 Å². The summed E-state index contributed by atoms with van der Waals surface area (Å²) in [7, 11) is 0. The maximum atomic E-state index is 12.5. The van der Waals surface area contributed by atoms with Gasteiger partial charge in [-0.1, -0.05) is 23.7 Å². The number of carbonyl (C=O) groups is 1. The van der Waals surface area contributed by atoms with E-state index in [0.29, 0.717) is 23.7 Å². The van der Waals surface area contributed by atoms with Crippen LogP contribution in [0.25, 0.3) is 0 Å². The monoisotopic (exact) mass is 392 g/mol. The van der Waals surface area contributed by atoms with Crippen molar-refractivity contribution in [3.8, 4) is 0 Å². The van der Waals surface area contributed by atoms with E-state index >= 15 is 0 Å². The third-order valence-corrected chi connectivity index (χ3v) is 4.95. The molecule has 3 rings (SSSR count). The Morgan fingerprint density at radius 2 is 1.83 bits per heavy atom. The summed E-state index contributed by atoms with van der Waals surface area (Å²) in [6.07, 6.45) is 0. The third kappa shape index (κ3) is 3.70. The summed E-state index contributed by atoms with van der Waals surface area (Å²) < 4.78 is 1.10. The first-order valence-electron chi connectivity index (χ1n) is 7.60. The predicted octanol–water partition coefficient (Wildman–Crippen LogP) is 4.37. The summed E-state index contributed by atoms with van der Waals surface area (Å²) in [5.74, 6) is 0.0510. The minimum atomic E-state index is 0.0510. The molecule has 0 spiro atoms. The average Bonchev–Trinajstić information content (AvgIpc) is 2.54. The molecular weight excluding hydrogens is 376 g/mol. The van der Waals surface area contributed by atoms with E-state index in [9.17, 15) is 4.79 Å². The minimum Gasteiger partial charge on any atom is -0.367 e. The molecule has 0 aliphatic carbocycles. The van der Waals surface area contributed by atoms with E-state index in [0.717, 1.165) is 17.6 Å². The summed E-state index contributed by atoms with van der Waals surface area (Å²) in [5, 5.41) is 0.595. The van der Waals surface area contributed by atoms with E-state index in [1.54, 1.807) is 12.1 Å². The maximum Gasteiger partial charge on any atom is 0.254 e. The van der Waals surface area contributed by atoms with Gasteiger partial charge in [0, 0.05) is 41.2 Å². The van der Waals surface area contributed by atoms with Gasteiger partial charge in [0.15, 0.2) is 0 Å². The van der Waals surface area contributed by atoms with E-state index in [1.165, 1.54) is 11.3 Å². The first kappa shape index (κ1) is 16.3. The van der Waals surface area contributed by atoms with Gasteiger partial charge in [0.1, 0.15) is 0 Å².